The lowest BCUT2D eigenvalue weighted by atomic mass is 10.0. The van der Waals surface area contributed by atoms with E-state index in [9.17, 15) is 8.42 Å². The molecule has 0 unspecified atom stereocenters. The van der Waals surface area contributed by atoms with Gasteiger partial charge in [0.25, 0.3) is 10.0 Å². The number of fused-ring (bicyclic) bond motifs is 1. The monoisotopic (exact) mass is 361 g/mol. The molecule has 2 aromatic rings. The van der Waals surface area contributed by atoms with Crippen LogP contribution in [0.3, 0.4) is 0 Å². The molecular weight excluding hydrogens is 338 g/mol. The van der Waals surface area contributed by atoms with Crippen molar-refractivity contribution in [1.82, 2.24) is 0 Å². The fourth-order valence-corrected chi connectivity index (χ4v) is 5.54. The van der Waals surface area contributed by atoms with Crippen molar-refractivity contribution in [3.63, 3.8) is 0 Å². The highest BCUT2D eigenvalue weighted by molar-refractivity contribution is 7.93. The number of rotatable bonds is 4. The molecule has 134 valence electrons. The number of methoxy groups -OCH3 is 2. The highest BCUT2D eigenvalue weighted by Gasteiger charge is 2.36. The molecule has 0 atom stereocenters. The van der Waals surface area contributed by atoms with Gasteiger partial charge in [-0.2, -0.15) is 0 Å². The molecule has 0 fully saturated rings. The molecule has 0 saturated carbocycles. The van der Waals surface area contributed by atoms with Crippen molar-refractivity contribution in [2.24, 2.45) is 0 Å². The van der Waals surface area contributed by atoms with E-state index in [2.05, 4.69) is 0 Å². The summed E-state index contributed by atoms with van der Waals surface area (Å²) < 4.78 is 39.5. The van der Waals surface area contributed by atoms with Crippen molar-refractivity contribution in [3.05, 3.63) is 46.5 Å². The number of para-hydroxylation sites is 1. The van der Waals surface area contributed by atoms with E-state index in [1.807, 2.05) is 38.1 Å². The number of nitrogens with zero attached hydrogens (tertiary/aromatic N) is 1. The van der Waals surface area contributed by atoms with Crippen LogP contribution in [-0.2, 0) is 16.4 Å². The predicted octanol–water partition coefficient (Wildman–Crippen LogP) is 3.38. The third-order valence-electron chi connectivity index (χ3n) is 4.93. The number of sulfonamides is 1. The van der Waals surface area contributed by atoms with Crippen molar-refractivity contribution >= 4 is 15.7 Å². The zero-order valence-electron chi connectivity index (χ0n) is 15.2. The van der Waals surface area contributed by atoms with Crippen molar-refractivity contribution in [2.75, 3.05) is 25.1 Å². The third-order valence-corrected chi connectivity index (χ3v) is 6.90. The SMILES string of the molecule is COc1c(C)c(C)c(OC)c(S(=O)(=O)N2CCc3ccccc32)c1C. The first-order valence-electron chi connectivity index (χ1n) is 8.17. The summed E-state index contributed by atoms with van der Waals surface area (Å²) in [6.07, 6.45) is 0.707. The maximum atomic E-state index is 13.5. The molecule has 0 aliphatic carbocycles. The molecule has 6 heteroatoms. The third kappa shape index (κ3) is 2.56. The molecule has 1 aliphatic rings. The maximum absolute atomic E-state index is 13.5. The maximum Gasteiger partial charge on any atom is 0.268 e. The van der Waals surface area contributed by atoms with Gasteiger partial charge < -0.3 is 9.47 Å². The average Bonchev–Trinajstić information content (AvgIpc) is 3.03. The van der Waals surface area contributed by atoms with Crippen LogP contribution in [0.1, 0.15) is 22.3 Å². The van der Waals surface area contributed by atoms with Crippen LogP contribution in [0.5, 0.6) is 11.5 Å². The Bertz CT molecular complexity index is 935. The van der Waals surface area contributed by atoms with Gasteiger partial charge in [-0.15, -0.1) is 0 Å². The second-order valence-electron chi connectivity index (χ2n) is 6.23. The lowest BCUT2D eigenvalue weighted by molar-refractivity contribution is 0.384. The first kappa shape index (κ1) is 17.6. The Hall–Kier alpha value is -2.21. The lowest BCUT2D eigenvalue weighted by Gasteiger charge is -2.25. The van der Waals surface area contributed by atoms with E-state index < -0.39 is 10.0 Å². The summed E-state index contributed by atoms with van der Waals surface area (Å²) in [5.74, 6) is 0.976. The second-order valence-corrected chi connectivity index (χ2v) is 8.03. The fourth-order valence-electron chi connectivity index (χ4n) is 3.60. The molecule has 0 radical (unpaired) electrons. The topological polar surface area (TPSA) is 55.8 Å². The van der Waals surface area contributed by atoms with Crippen LogP contribution >= 0.6 is 0 Å². The molecule has 1 aliphatic heterocycles. The van der Waals surface area contributed by atoms with Gasteiger partial charge in [0.15, 0.2) is 0 Å². The molecule has 0 spiro atoms. The van der Waals surface area contributed by atoms with Gasteiger partial charge in [-0.1, -0.05) is 18.2 Å². The van der Waals surface area contributed by atoms with E-state index in [1.165, 1.54) is 11.4 Å². The summed E-state index contributed by atoms with van der Waals surface area (Å²) in [5.41, 5.74) is 4.01. The number of benzene rings is 2. The molecule has 0 aromatic heterocycles. The summed E-state index contributed by atoms with van der Waals surface area (Å²) in [5, 5.41) is 0. The van der Waals surface area contributed by atoms with Crippen LogP contribution < -0.4 is 13.8 Å². The van der Waals surface area contributed by atoms with E-state index in [0.29, 0.717) is 30.0 Å². The van der Waals surface area contributed by atoms with Crippen LogP contribution in [0.25, 0.3) is 0 Å². The minimum absolute atomic E-state index is 0.187. The summed E-state index contributed by atoms with van der Waals surface area (Å²) >= 11 is 0. The van der Waals surface area contributed by atoms with Crippen LogP contribution in [-0.4, -0.2) is 29.2 Å². The van der Waals surface area contributed by atoms with Gasteiger partial charge in [0.2, 0.25) is 0 Å². The number of anilines is 1. The lowest BCUT2D eigenvalue weighted by Crippen LogP contribution is -2.30. The summed E-state index contributed by atoms with van der Waals surface area (Å²) in [6.45, 7) is 5.96. The van der Waals surface area contributed by atoms with Crippen LogP contribution in [0.2, 0.25) is 0 Å². The Labute approximate surface area is 149 Å². The zero-order valence-corrected chi connectivity index (χ0v) is 16.0. The van der Waals surface area contributed by atoms with Gasteiger partial charge in [-0.25, -0.2) is 8.42 Å². The Kier molecular flexibility index (Phi) is 4.41. The van der Waals surface area contributed by atoms with Crippen molar-refractivity contribution < 1.29 is 17.9 Å². The van der Waals surface area contributed by atoms with Crippen molar-refractivity contribution in [1.29, 1.82) is 0 Å². The molecule has 0 saturated heterocycles. The summed E-state index contributed by atoms with van der Waals surface area (Å²) in [6, 6.07) is 7.60. The van der Waals surface area contributed by atoms with Gasteiger partial charge in [0.1, 0.15) is 16.4 Å². The van der Waals surface area contributed by atoms with E-state index >= 15 is 0 Å². The molecule has 5 nitrogen and oxygen atoms in total. The van der Waals surface area contributed by atoms with Gasteiger partial charge in [0.05, 0.1) is 19.9 Å². The summed E-state index contributed by atoms with van der Waals surface area (Å²) in [4.78, 5) is 0.187. The Balaban J connectivity index is 2.27. The molecule has 25 heavy (non-hydrogen) atoms. The first-order chi connectivity index (χ1) is 11.8. The number of ether oxygens (including phenoxy) is 2. The van der Waals surface area contributed by atoms with Gasteiger partial charge in [0, 0.05) is 12.1 Å². The standard InChI is InChI=1S/C19H23NO4S/c1-12-13(2)18(24-5)19(14(3)17(12)23-4)25(21,22)20-11-10-15-8-6-7-9-16(15)20/h6-9H,10-11H2,1-5H3. The van der Waals surface area contributed by atoms with Gasteiger partial charge >= 0.3 is 0 Å². The van der Waals surface area contributed by atoms with Gasteiger partial charge in [-0.05, 0) is 49.9 Å². The smallest absolute Gasteiger partial charge is 0.268 e. The normalized spacial score (nSPS) is 13.7. The molecule has 2 aromatic carbocycles. The minimum atomic E-state index is -3.77. The molecular formula is C19H23NO4S. The molecule has 0 bridgehead atoms. The van der Waals surface area contributed by atoms with Crippen molar-refractivity contribution in [3.8, 4) is 11.5 Å². The van der Waals surface area contributed by atoms with Crippen LogP contribution in [0.15, 0.2) is 29.2 Å². The first-order valence-corrected chi connectivity index (χ1v) is 9.61. The molecule has 3 rings (SSSR count). The molecule has 1 heterocycles. The highest BCUT2D eigenvalue weighted by atomic mass is 32.2. The Morgan fingerprint density at radius 2 is 1.52 bits per heavy atom. The number of hydrogen-bond donors (Lipinski definition) is 0. The largest absolute Gasteiger partial charge is 0.496 e. The highest BCUT2D eigenvalue weighted by Crippen LogP contribution is 2.43. The fraction of sp³-hybridized carbons (Fsp3) is 0.368. The predicted molar refractivity (Wildman–Crippen MR) is 98.4 cm³/mol. The number of hydrogen-bond acceptors (Lipinski definition) is 4. The van der Waals surface area contributed by atoms with Crippen LogP contribution in [0, 0.1) is 20.8 Å². The van der Waals surface area contributed by atoms with E-state index in [-0.39, 0.29) is 4.90 Å². The quantitative estimate of drug-likeness (QED) is 0.838. The second kappa shape index (κ2) is 6.26. The van der Waals surface area contributed by atoms with Crippen LogP contribution in [0.4, 0.5) is 5.69 Å². The average molecular weight is 361 g/mol. The van der Waals surface area contributed by atoms with Crippen molar-refractivity contribution in [2.45, 2.75) is 32.1 Å². The molecule has 0 N–H and O–H groups in total. The Morgan fingerprint density at radius 1 is 0.920 bits per heavy atom. The Morgan fingerprint density at radius 3 is 2.16 bits per heavy atom. The van der Waals surface area contributed by atoms with Gasteiger partial charge in [-0.3, -0.25) is 4.31 Å². The van der Waals surface area contributed by atoms with E-state index in [1.54, 1.807) is 14.0 Å². The van der Waals surface area contributed by atoms with E-state index in [4.69, 9.17) is 9.47 Å². The molecule has 0 amide bonds. The zero-order chi connectivity index (χ0) is 18.4. The summed E-state index contributed by atoms with van der Waals surface area (Å²) in [7, 11) is -0.706. The minimum Gasteiger partial charge on any atom is -0.496 e. The van der Waals surface area contributed by atoms with E-state index in [0.717, 1.165) is 22.4 Å².